The summed E-state index contributed by atoms with van der Waals surface area (Å²) in [5, 5.41) is 12.7. The van der Waals surface area contributed by atoms with Crippen LogP contribution in [0.25, 0.3) is 0 Å². The summed E-state index contributed by atoms with van der Waals surface area (Å²) < 4.78 is 13.9. The van der Waals surface area contributed by atoms with Gasteiger partial charge in [0.05, 0.1) is 11.8 Å². The van der Waals surface area contributed by atoms with Gasteiger partial charge in [0.15, 0.2) is 0 Å². The maximum absolute atomic E-state index is 13.1. The quantitative estimate of drug-likeness (QED) is 0.875. The topological polar surface area (TPSA) is 32.3 Å². The summed E-state index contributed by atoms with van der Waals surface area (Å²) >= 11 is 3.39. The van der Waals surface area contributed by atoms with Gasteiger partial charge in [0, 0.05) is 10.5 Å². The highest BCUT2D eigenvalue weighted by Crippen LogP contribution is 2.27. The van der Waals surface area contributed by atoms with E-state index in [0.717, 1.165) is 35.8 Å². The van der Waals surface area contributed by atoms with Crippen molar-refractivity contribution in [2.24, 2.45) is 0 Å². The fourth-order valence-corrected chi connectivity index (χ4v) is 2.41. The van der Waals surface area contributed by atoms with Crippen LogP contribution >= 0.6 is 15.9 Å². The number of nitrogens with one attached hydrogen (secondary N) is 1. The average Bonchev–Trinajstić information content (AvgIpc) is 2.27. The normalized spacial score (nSPS) is 25.4. The smallest absolute Gasteiger partial charge is 0.125 e. The second-order valence-electron chi connectivity index (χ2n) is 4.27. The Labute approximate surface area is 103 Å². The van der Waals surface area contributed by atoms with Gasteiger partial charge >= 0.3 is 0 Å². The standard InChI is InChI=1S/C12H15BrFNO/c13-11-6-1-8(14)7-12(11)15-9-2-4-10(16)5-3-9/h1,6-7,9-10,15-16H,2-5H2. The van der Waals surface area contributed by atoms with Gasteiger partial charge in [-0.1, -0.05) is 0 Å². The van der Waals surface area contributed by atoms with Crippen LogP contribution in [0.5, 0.6) is 0 Å². The highest BCUT2D eigenvalue weighted by molar-refractivity contribution is 9.10. The van der Waals surface area contributed by atoms with Crippen LogP contribution in [-0.4, -0.2) is 17.3 Å². The largest absolute Gasteiger partial charge is 0.393 e. The van der Waals surface area contributed by atoms with Crippen molar-refractivity contribution in [3.05, 3.63) is 28.5 Å². The molecule has 0 atom stereocenters. The lowest BCUT2D eigenvalue weighted by Gasteiger charge is -2.27. The summed E-state index contributed by atoms with van der Waals surface area (Å²) in [6.07, 6.45) is 3.36. The molecule has 1 aromatic rings. The van der Waals surface area contributed by atoms with Crippen molar-refractivity contribution in [2.75, 3.05) is 5.32 Å². The van der Waals surface area contributed by atoms with Crippen LogP contribution in [0, 0.1) is 5.82 Å². The lowest BCUT2D eigenvalue weighted by Crippen LogP contribution is -2.28. The molecule has 1 saturated carbocycles. The number of aliphatic hydroxyl groups excluding tert-OH is 1. The van der Waals surface area contributed by atoms with Gasteiger partial charge in [-0.05, 0) is 59.8 Å². The molecule has 2 rings (SSSR count). The first kappa shape index (κ1) is 11.9. The van der Waals surface area contributed by atoms with Crippen molar-refractivity contribution in [1.82, 2.24) is 0 Å². The lowest BCUT2D eigenvalue weighted by molar-refractivity contribution is 0.126. The molecule has 1 fully saturated rings. The van der Waals surface area contributed by atoms with E-state index in [-0.39, 0.29) is 11.9 Å². The Morgan fingerprint density at radius 3 is 2.62 bits per heavy atom. The molecule has 88 valence electrons. The number of aliphatic hydroxyl groups is 1. The highest BCUT2D eigenvalue weighted by atomic mass is 79.9. The number of benzene rings is 1. The van der Waals surface area contributed by atoms with E-state index in [2.05, 4.69) is 21.2 Å². The van der Waals surface area contributed by atoms with E-state index in [1.807, 2.05) is 0 Å². The van der Waals surface area contributed by atoms with E-state index in [4.69, 9.17) is 0 Å². The lowest BCUT2D eigenvalue weighted by atomic mass is 9.93. The third-order valence-electron chi connectivity index (χ3n) is 2.98. The van der Waals surface area contributed by atoms with E-state index >= 15 is 0 Å². The van der Waals surface area contributed by atoms with E-state index in [1.54, 1.807) is 6.07 Å². The van der Waals surface area contributed by atoms with Gasteiger partial charge in [0.25, 0.3) is 0 Å². The molecule has 0 saturated heterocycles. The van der Waals surface area contributed by atoms with E-state index in [1.165, 1.54) is 12.1 Å². The average molecular weight is 288 g/mol. The van der Waals surface area contributed by atoms with E-state index in [0.29, 0.717) is 6.04 Å². The number of anilines is 1. The van der Waals surface area contributed by atoms with Crippen LogP contribution in [0.1, 0.15) is 25.7 Å². The SMILES string of the molecule is OC1CCC(Nc2cc(F)ccc2Br)CC1. The molecule has 0 unspecified atom stereocenters. The predicted molar refractivity (Wildman–Crippen MR) is 66.0 cm³/mol. The molecule has 4 heteroatoms. The maximum Gasteiger partial charge on any atom is 0.125 e. The molecule has 1 aliphatic carbocycles. The first-order chi connectivity index (χ1) is 7.65. The van der Waals surface area contributed by atoms with Crippen molar-refractivity contribution in [1.29, 1.82) is 0 Å². The second kappa shape index (κ2) is 5.15. The molecule has 0 heterocycles. The van der Waals surface area contributed by atoms with Gasteiger partial charge in [-0.3, -0.25) is 0 Å². The minimum Gasteiger partial charge on any atom is -0.393 e. The summed E-state index contributed by atoms with van der Waals surface area (Å²) in [6.45, 7) is 0. The molecule has 0 aliphatic heterocycles. The molecule has 0 radical (unpaired) electrons. The van der Waals surface area contributed by atoms with Crippen molar-refractivity contribution < 1.29 is 9.50 Å². The van der Waals surface area contributed by atoms with Crippen LogP contribution in [0.15, 0.2) is 22.7 Å². The van der Waals surface area contributed by atoms with Crippen LogP contribution in [-0.2, 0) is 0 Å². The monoisotopic (exact) mass is 287 g/mol. The van der Waals surface area contributed by atoms with Gasteiger partial charge < -0.3 is 10.4 Å². The molecule has 0 spiro atoms. The van der Waals surface area contributed by atoms with E-state index < -0.39 is 0 Å². The summed E-state index contributed by atoms with van der Waals surface area (Å²) in [4.78, 5) is 0. The molecular weight excluding hydrogens is 273 g/mol. The Hall–Kier alpha value is -0.610. The van der Waals surface area contributed by atoms with Gasteiger partial charge in [-0.15, -0.1) is 0 Å². The number of rotatable bonds is 2. The number of hydrogen-bond donors (Lipinski definition) is 2. The molecule has 1 aromatic carbocycles. The third-order valence-corrected chi connectivity index (χ3v) is 3.68. The highest BCUT2D eigenvalue weighted by Gasteiger charge is 2.19. The summed E-state index contributed by atoms with van der Waals surface area (Å²) in [6, 6.07) is 4.96. The van der Waals surface area contributed by atoms with Crippen molar-refractivity contribution in [3.63, 3.8) is 0 Å². The van der Waals surface area contributed by atoms with Crippen molar-refractivity contribution >= 4 is 21.6 Å². The van der Waals surface area contributed by atoms with Gasteiger partial charge in [-0.25, -0.2) is 4.39 Å². The second-order valence-corrected chi connectivity index (χ2v) is 5.13. The third kappa shape index (κ3) is 2.95. The molecule has 0 bridgehead atoms. The minimum atomic E-state index is -0.235. The molecule has 0 amide bonds. The first-order valence-electron chi connectivity index (χ1n) is 5.55. The van der Waals surface area contributed by atoms with Gasteiger partial charge in [0.2, 0.25) is 0 Å². The first-order valence-corrected chi connectivity index (χ1v) is 6.34. The minimum absolute atomic E-state index is 0.158. The predicted octanol–water partition coefficient (Wildman–Crippen LogP) is 3.30. The van der Waals surface area contributed by atoms with Crippen LogP contribution < -0.4 is 5.32 Å². The molecule has 2 N–H and O–H groups in total. The van der Waals surface area contributed by atoms with Crippen molar-refractivity contribution in [3.8, 4) is 0 Å². The zero-order valence-corrected chi connectivity index (χ0v) is 10.5. The van der Waals surface area contributed by atoms with Crippen LogP contribution in [0.3, 0.4) is 0 Å². The molecule has 1 aliphatic rings. The van der Waals surface area contributed by atoms with Crippen molar-refractivity contribution in [2.45, 2.75) is 37.8 Å². The Kier molecular flexibility index (Phi) is 3.82. The summed E-state index contributed by atoms with van der Waals surface area (Å²) in [7, 11) is 0. The zero-order chi connectivity index (χ0) is 11.5. The van der Waals surface area contributed by atoms with Gasteiger partial charge in [-0.2, -0.15) is 0 Å². The fourth-order valence-electron chi connectivity index (χ4n) is 2.05. The van der Waals surface area contributed by atoms with Gasteiger partial charge in [0.1, 0.15) is 5.82 Å². The maximum atomic E-state index is 13.1. The molecular formula is C12H15BrFNO. The summed E-state index contributed by atoms with van der Waals surface area (Å²) in [5.74, 6) is -0.235. The Balaban J connectivity index is 2.00. The number of hydrogen-bond acceptors (Lipinski definition) is 2. The summed E-state index contributed by atoms with van der Waals surface area (Å²) in [5.41, 5.74) is 0.793. The van der Waals surface area contributed by atoms with Crippen LogP contribution in [0.2, 0.25) is 0 Å². The molecule has 0 aromatic heterocycles. The van der Waals surface area contributed by atoms with E-state index in [9.17, 15) is 9.50 Å². The molecule has 2 nitrogen and oxygen atoms in total. The zero-order valence-electron chi connectivity index (χ0n) is 8.92. The molecule has 16 heavy (non-hydrogen) atoms. The Morgan fingerprint density at radius 2 is 1.94 bits per heavy atom. The Bertz CT molecular complexity index is 364. The van der Waals surface area contributed by atoms with Crippen LogP contribution in [0.4, 0.5) is 10.1 Å². The number of halogens is 2. The fraction of sp³-hybridized carbons (Fsp3) is 0.500. The Morgan fingerprint density at radius 1 is 1.25 bits per heavy atom.